The van der Waals surface area contributed by atoms with Crippen molar-refractivity contribution in [1.82, 2.24) is 10.6 Å². The maximum atomic E-state index is 13.6. The molecular formula is C15H19FN2O3S. The van der Waals surface area contributed by atoms with Crippen molar-refractivity contribution in [2.75, 3.05) is 12.3 Å². The first-order valence-corrected chi connectivity index (χ1v) is 8.13. The highest BCUT2D eigenvalue weighted by molar-refractivity contribution is 8.00. The summed E-state index contributed by atoms with van der Waals surface area (Å²) in [5, 5.41) is 14.0. The van der Waals surface area contributed by atoms with Gasteiger partial charge in [0.1, 0.15) is 11.9 Å². The molecule has 2 amide bonds. The van der Waals surface area contributed by atoms with Crippen LogP contribution in [0.5, 0.6) is 0 Å². The van der Waals surface area contributed by atoms with Crippen molar-refractivity contribution >= 4 is 23.6 Å². The number of carbonyl (C=O) groups excluding carboxylic acids is 2. The number of carbonyl (C=O) groups is 2. The lowest BCUT2D eigenvalue weighted by Crippen LogP contribution is -2.55. The second kappa shape index (κ2) is 7.60. The summed E-state index contributed by atoms with van der Waals surface area (Å²) >= 11 is 1.34. The number of rotatable bonds is 5. The summed E-state index contributed by atoms with van der Waals surface area (Å²) in [6, 6.07) is 5.75. The Labute approximate surface area is 132 Å². The normalized spacial score (nSPS) is 22.8. The molecule has 0 aliphatic carbocycles. The molecule has 0 spiro atoms. The van der Waals surface area contributed by atoms with Crippen LogP contribution in [0.4, 0.5) is 4.39 Å². The second-order valence-electron chi connectivity index (χ2n) is 5.27. The number of aliphatic hydroxyl groups is 1. The van der Waals surface area contributed by atoms with Crippen molar-refractivity contribution < 1.29 is 19.1 Å². The van der Waals surface area contributed by atoms with Gasteiger partial charge in [-0.2, -0.15) is 0 Å². The average molecular weight is 326 g/mol. The van der Waals surface area contributed by atoms with E-state index in [1.807, 2.05) is 0 Å². The fourth-order valence-corrected chi connectivity index (χ4v) is 3.30. The van der Waals surface area contributed by atoms with Crippen molar-refractivity contribution in [3.8, 4) is 0 Å². The lowest BCUT2D eigenvalue weighted by molar-refractivity contribution is -0.128. The van der Waals surface area contributed by atoms with Gasteiger partial charge in [0, 0.05) is 12.3 Å². The van der Waals surface area contributed by atoms with Crippen LogP contribution in [0.3, 0.4) is 0 Å². The largest absolute Gasteiger partial charge is 0.392 e. The molecule has 1 aliphatic heterocycles. The highest BCUT2D eigenvalue weighted by Crippen LogP contribution is 2.23. The van der Waals surface area contributed by atoms with Gasteiger partial charge >= 0.3 is 0 Å². The maximum Gasteiger partial charge on any atom is 0.243 e. The van der Waals surface area contributed by atoms with Crippen LogP contribution < -0.4 is 10.6 Å². The Hall–Kier alpha value is -1.60. The van der Waals surface area contributed by atoms with E-state index in [1.54, 1.807) is 25.1 Å². The van der Waals surface area contributed by atoms with Gasteiger partial charge in [0.25, 0.3) is 0 Å². The van der Waals surface area contributed by atoms with Crippen molar-refractivity contribution in [3.05, 3.63) is 35.6 Å². The molecule has 1 heterocycles. The number of nitrogens with one attached hydrogen (secondary N) is 2. The second-order valence-corrected chi connectivity index (χ2v) is 6.51. The van der Waals surface area contributed by atoms with E-state index in [0.29, 0.717) is 17.7 Å². The third-order valence-electron chi connectivity index (χ3n) is 3.32. The van der Waals surface area contributed by atoms with Crippen LogP contribution in [0, 0.1) is 5.82 Å². The number of thioether (sulfide) groups is 1. The molecular weight excluding hydrogens is 307 g/mol. The Kier molecular flexibility index (Phi) is 5.79. The van der Waals surface area contributed by atoms with Gasteiger partial charge in [-0.1, -0.05) is 18.2 Å². The lowest BCUT2D eigenvalue weighted by atomic mass is 10.1. The number of aliphatic hydroxyl groups excluding tert-OH is 1. The Bertz CT molecular complexity index is 553. The minimum Gasteiger partial charge on any atom is -0.392 e. The van der Waals surface area contributed by atoms with Gasteiger partial charge in [0.2, 0.25) is 11.8 Å². The first-order valence-electron chi connectivity index (χ1n) is 7.08. The molecule has 120 valence electrons. The van der Waals surface area contributed by atoms with E-state index >= 15 is 0 Å². The first-order chi connectivity index (χ1) is 10.5. The van der Waals surface area contributed by atoms with E-state index in [1.165, 1.54) is 17.8 Å². The van der Waals surface area contributed by atoms with Crippen molar-refractivity contribution in [2.24, 2.45) is 0 Å². The minimum absolute atomic E-state index is 0.147. The van der Waals surface area contributed by atoms with Crippen LogP contribution in [0.25, 0.3) is 0 Å². The maximum absolute atomic E-state index is 13.6. The predicted molar refractivity (Wildman–Crippen MR) is 83.0 cm³/mol. The minimum atomic E-state index is -0.635. The van der Waals surface area contributed by atoms with Gasteiger partial charge < -0.3 is 15.7 Å². The first kappa shape index (κ1) is 16.8. The fraction of sp³-hybridized carbons (Fsp3) is 0.467. The molecule has 0 saturated carbocycles. The SMILES string of the molecule is CC(O)CNC(=O)C1CSC(Cc2ccccc2F)C(=O)N1. The predicted octanol–water partition coefficient (Wildman–Crippen LogP) is 0.465. The fourth-order valence-electron chi connectivity index (χ4n) is 2.12. The summed E-state index contributed by atoms with van der Waals surface area (Å²) < 4.78 is 13.6. The van der Waals surface area contributed by atoms with Gasteiger partial charge in [-0.3, -0.25) is 9.59 Å². The molecule has 1 aliphatic rings. The van der Waals surface area contributed by atoms with Crippen LogP contribution in [-0.4, -0.2) is 46.6 Å². The Morgan fingerprint density at radius 3 is 2.91 bits per heavy atom. The summed E-state index contributed by atoms with van der Waals surface area (Å²) in [6.07, 6.45) is -0.338. The topological polar surface area (TPSA) is 78.4 Å². The van der Waals surface area contributed by atoms with E-state index in [9.17, 15) is 14.0 Å². The monoisotopic (exact) mass is 326 g/mol. The number of hydrogen-bond donors (Lipinski definition) is 3. The zero-order chi connectivity index (χ0) is 16.1. The standard InChI is InChI=1S/C15H19FN2O3S/c1-9(19)7-17-14(20)12-8-22-13(15(21)18-12)6-10-4-2-3-5-11(10)16/h2-5,9,12-13,19H,6-8H2,1H3,(H,17,20)(H,18,21). The molecule has 3 atom stereocenters. The molecule has 7 heteroatoms. The number of amides is 2. The third kappa shape index (κ3) is 4.45. The molecule has 3 unspecified atom stereocenters. The van der Waals surface area contributed by atoms with E-state index in [0.717, 1.165) is 0 Å². The molecule has 0 aromatic heterocycles. The summed E-state index contributed by atoms with van der Waals surface area (Å²) in [6.45, 7) is 1.72. The van der Waals surface area contributed by atoms with Crippen LogP contribution in [-0.2, 0) is 16.0 Å². The van der Waals surface area contributed by atoms with Gasteiger partial charge in [0.05, 0.1) is 11.4 Å². The molecule has 1 fully saturated rings. The van der Waals surface area contributed by atoms with Gasteiger partial charge in [-0.15, -0.1) is 11.8 Å². The van der Waals surface area contributed by atoms with Crippen molar-refractivity contribution in [1.29, 1.82) is 0 Å². The van der Waals surface area contributed by atoms with Gasteiger partial charge in [-0.25, -0.2) is 4.39 Å². The average Bonchev–Trinajstić information content (AvgIpc) is 2.49. The van der Waals surface area contributed by atoms with Gasteiger partial charge in [-0.05, 0) is 25.0 Å². The zero-order valence-electron chi connectivity index (χ0n) is 12.2. The quantitative estimate of drug-likeness (QED) is 0.735. The lowest BCUT2D eigenvalue weighted by Gasteiger charge is -2.28. The van der Waals surface area contributed by atoms with Crippen molar-refractivity contribution in [3.63, 3.8) is 0 Å². The Balaban J connectivity index is 1.89. The van der Waals surface area contributed by atoms with Crippen LogP contribution in [0.15, 0.2) is 24.3 Å². The van der Waals surface area contributed by atoms with Crippen LogP contribution in [0.2, 0.25) is 0 Å². The molecule has 22 heavy (non-hydrogen) atoms. The van der Waals surface area contributed by atoms with E-state index in [2.05, 4.69) is 10.6 Å². The summed E-state index contributed by atoms with van der Waals surface area (Å²) in [5.41, 5.74) is 0.493. The molecule has 0 radical (unpaired) electrons. The summed E-state index contributed by atoms with van der Waals surface area (Å²) in [7, 11) is 0. The molecule has 1 aromatic rings. The van der Waals surface area contributed by atoms with Gasteiger partial charge in [0.15, 0.2) is 0 Å². The molecule has 0 bridgehead atoms. The van der Waals surface area contributed by atoms with E-state index < -0.39 is 17.4 Å². The Morgan fingerprint density at radius 1 is 1.55 bits per heavy atom. The van der Waals surface area contributed by atoms with Crippen LogP contribution >= 0.6 is 11.8 Å². The number of hydrogen-bond acceptors (Lipinski definition) is 4. The smallest absolute Gasteiger partial charge is 0.243 e. The molecule has 2 rings (SSSR count). The number of halogens is 1. The van der Waals surface area contributed by atoms with E-state index in [-0.39, 0.29) is 24.2 Å². The third-order valence-corrected chi connectivity index (χ3v) is 4.63. The zero-order valence-corrected chi connectivity index (χ0v) is 13.0. The van der Waals surface area contributed by atoms with Crippen molar-refractivity contribution in [2.45, 2.75) is 30.7 Å². The summed E-state index contributed by atoms with van der Waals surface area (Å²) in [5.74, 6) is -0.480. The molecule has 1 saturated heterocycles. The highest BCUT2D eigenvalue weighted by Gasteiger charge is 2.32. The Morgan fingerprint density at radius 2 is 2.27 bits per heavy atom. The van der Waals surface area contributed by atoms with Crippen LogP contribution in [0.1, 0.15) is 12.5 Å². The summed E-state index contributed by atoms with van der Waals surface area (Å²) in [4.78, 5) is 23.9. The highest BCUT2D eigenvalue weighted by atomic mass is 32.2. The molecule has 5 nitrogen and oxygen atoms in total. The molecule has 3 N–H and O–H groups in total. The molecule has 1 aromatic carbocycles. The number of benzene rings is 1. The van der Waals surface area contributed by atoms with E-state index in [4.69, 9.17) is 5.11 Å².